The fraction of sp³-hybridized carbons (Fsp3) is 0.300. The molecule has 3 rings (SSSR count). The SMILES string of the molecule is CS(=O)(=O)N(CC(=O)N1CCN(C=O)CC1)c1ccc(Oc2ccccc2)cc1. The minimum atomic E-state index is -3.66. The first-order valence-corrected chi connectivity index (χ1v) is 11.0. The second-order valence-electron chi connectivity index (χ2n) is 6.70. The fourth-order valence-electron chi connectivity index (χ4n) is 3.00. The molecule has 2 amide bonds. The van der Waals surface area contributed by atoms with Gasteiger partial charge in [-0.15, -0.1) is 0 Å². The largest absolute Gasteiger partial charge is 0.457 e. The number of hydrogen-bond donors (Lipinski definition) is 0. The Balaban J connectivity index is 1.70. The molecule has 29 heavy (non-hydrogen) atoms. The Kier molecular flexibility index (Phi) is 6.38. The molecule has 0 saturated carbocycles. The van der Waals surface area contributed by atoms with Gasteiger partial charge in [0.25, 0.3) is 0 Å². The number of para-hydroxylation sites is 1. The van der Waals surface area contributed by atoms with Gasteiger partial charge in [-0.2, -0.15) is 0 Å². The van der Waals surface area contributed by atoms with Crippen LogP contribution in [-0.4, -0.2) is 69.5 Å². The molecule has 1 aliphatic rings. The third-order valence-corrected chi connectivity index (χ3v) is 5.74. The zero-order valence-electron chi connectivity index (χ0n) is 16.1. The molecule has 1 fully saturated rings. The second-order valence-corrected chi connectivity index (χ2v) is 8.61. The van der Waals surface area contributed by atoms with Crippen molar-refractivity contribution in [3.63, 3.8) is 0 Å². The van der Waals surface area contributed by atoms with Crippen LogP contribution < -0.4 is 9.04 Å². The van der Waals surface area contributed by atoms with E-state index in [9.17, 15) is 18.0 Å². The van der Waals surface area contributed by atoms with Crippen LogP contribution in [-0.2, 0) is 19.6 Å². The summed E-state index contributed by atoms with van der Waals surface area (Å²) in [6.07, 6.45) is 1.82. The van der Waals surface area contributed by atoms with E-state index < -0.39 is 10.0 Å². The highest BCUT2D eigenvalue weighted by atomic mass is 32.2. The van der Waals surface area contributed by atoms with E-state index >= 15 is 0 Å². The number of anilines is 1. The number of nitrogens with zero attached hydrogens (tertiary/aromatic N) is 3. The Morgan fingerprint density at radius 1 is 1.00 bits per heavy atom. The van der Waals surface area contributed by atoms with Crippen molar-refractivity contribution in [1.82, 2.24) is 9.80 Å². The number of piperazine rings is 1. The Morgan fingerprint density at radius 2 is 1.59 bits per heavy atom. The van der Waals surface area contributed by atoms with Gasteiger partial charge in [0.15, 0.2) is 0 Å². The summed E-state index contributed by atoms with van der Waals surface area (Å²) >= 11 is 0. The van der Waals surface area contributed by atoms with Gasteiger partial charge in [-0.3, -0.25) is 13.9 Å². The summed E-state index contributed by atoms with van der Waals surface area (Å²) in [6.45, 7) is 1.37. The smallest absolute Gasteiger partial charge is 0.243 e. The van der Waals surface area contributed by atoms with E-state index in [4.69, 9.17) is 4.74 Å². The van der Waals surface area contributed by atoms with Gasteiger partial charge in [0.1, 0.15) is 18.0 Å². The fourth-order valence-corrected chi connectivity index (χ4v) is 3.85. The van der Waals surface area contributed by atoms with Crippen LogP contribution >= 0.6 is 0 Å². The van der Waals surface area contributed by atoms with Gasteiger partial charge < -0.3 is 14.5 Å². The average molecular weight is 417 g/mol. The van der Waals surface area contributed by atoms with Crippen LogP contribution in [0, 0.1) is 0 Å². The maximum absolute atomic E-state index is 12.6. The van der Waals surface area contributed by atoms with E-state index in [1.807, 2.05) is 30.3 Å². The van der Waals surface area contributed by atoms with Crippen molar-refractivity contribution >= 4 is 28.0 Å². The van der Waals surface area contributed by atoms with Crippen LogP contribution in [0.25, 0.3) is 0 Å². The standard InChI is InChI=1S/C20H23N3O5S/c1-29(26,27)23(15-20(25)22-13-11-21(16-24)12-14-22)17-7-9-19(10-8-17)28-18-5-3-2-4-6-18/h2-10,16H,11-15H2,1H3. The highest BCUT2D eigenvalue weighted by molar-refractivity contribution is 7.92. The molecular formula is C20H23N3O5S. The molecule has 0 aliphatic carbocycles. The van der Waals surface area contributed by atoms with Gasteiger partial charge in [0.05, 0.1) is 11.9 Å². The van der Waals surface area contributed by atoms with Crippen molar-refractivity contribution in [3.8, 4) is 11.5 Å². The lowest BCUT2D eigenvalue weighted by atomic mass is 10.3. The summed E-state index contributed by atoms with van der Waals surface area (Å²) in [5, 5.41) is 0. The molecule has 1 saturated heterocycles. The lowest BCUT2D eigenvalue weighted by Crippen LogP contribution is -2.51. The number of rotatable bonds is 7. The maximum Gasteiger partial charge on any atom is 0.243 e. The van der Waals surface area contributed by atoms with Crippen molar-refractivity contribution in [2.45, 2.75) is 0 Å². The molecule has 0 spiro atoms. The highest BCUT2D eigenvalue weighted by Crippen LogP contribution is 2.25. The van der Waals surface area contributed by atoms with Crippen molar-refractivity contribution in [3.05, 3.63) is 54.6 Å². The minimum Gasteiger partial charge on any atom is -0.457 e. The van der Waals surface area contributed by atoms with Crippen LogP contribution in [0.15, 0.2) is 54.6 Å². The molecule has 154 valence electrons. The van der Waals surface area contributed by atoms with Crippen LogP contribution in [0.3, 0.4) is 0 Å². The number of amides is 2. The minimum absolute atomic E-state index is 0.293. The molecule has 2 aromatic carbocycles. The van der Waals surface area contributed by atoms with Gasteiger partial charge in [-0.25, -0.2) is 8.42 Å². The Morgan fingerprint density at radius 3 is 2.14 bits per heavy atom. The molecule has 1 aliphatic heterocycles. The van der Waals surface area contributed by atoms with Crippen molar-refractivity contribution in [2.24, 2.45) is 0 Å². The van der Waals surface area contributed by atoms with E-state index in [0.717, 1.165) is 17.0 Å². The van der Waals surface area contributed by atoms with Gasteiger partial charge in [0.2, 0.25) is 22.3 Å². The average Bonchev–Trinajstić information content (AvgIpc) is 2.72. The third-order valence-electron chi connectivity index (χ3n) is 4.60. The van der Waals surface area contributed by atoms with Crippen molar-refractivity contribution in [1.29, 1.82) is 0 Å². The first-order chi connectivity index (χ1) is 13.9. The number of carbonyl (C=O) groups is 2. The molecule has 0 aromatic heterocycles. The molecule has 0 unspecified atom stereocenters. The van der Waals surface area contributed by atoms with Crippen molar-refractivity contribution < 1.29 is 22.7 Å². The molecule has 1 heterocycles. The molecule has 0 atom stereocenters. The Labute approximate surface area is 170 Å². The van der Waals surface area contributed by atoms with E-state index in [0.29, 0.717) is 43.4 Å². The second kappa shape index (κ2) is 8.95. The van der Waals surface area contributed by atoms with Gasteiger partial charge in [0, 0.05) is 26.2 Å². The molecule has 9 heteroatoms. The Hall–Kier alpha value is -3.07. The predicted octanol–water partition coefficient (Wildman–Crippen LogP) is 1.55. The molecule has 2 aromatic rings. The van der Waals surface area contributed by atoms with E-state index in [1.54, 1.807) is 34.1 Å². The topological polar surface area (TPSA) is 87.2 Å². The molecular weight excluding hydrogens is 394 g/mol. The monoisotopic (exact) mass is 417 g/mol. The summed E-state index contributed by atoms with van der Waals surface area (Å²) in [5.41, 5.74) is 0.382. The van der Waals surface area contributed by atoms with Crippen molar-refractivity contribution in [2.75, 3.05) is 43.3 Å². The van der Waals surface area contributed by atoms with E-state index in [2.05, 4.69) is 0 Å². The van der Waals surface area contributed by atoms with Crippen LogP contribution in [0.1, 0.15) is 0 Å². The summed E-state index contributed by atoms with van der Waals surface area (Å²) in [5.74, 6) is 0.931. The Bertz CT molecular complexity index is 940. The van der Waals surface area contributed by atoms with Gasteiger partial charge >= 0.3 is 0 Å². The first-order valence-electron chi connectivity index (χ1n) is 9.14. The van der Waals surface area contributed by atoms with Gasteiger partial charge in [-0.1, -0.05) is 18.2 Å². The van der Waals surface area contributed by atoms with Gasteiger partial charge in [-0.05, 0) is 36.4 Å². The quantitative estimate of drug-likeness (QED) is 0.638. The van der Waals surface area contributed by atoms with Crippen LogP contribution in [0.2, 0.25) is 0 Å². The van der Waals surface area contributed by atoms with Crippen LogP contribution in [0.4, 0.5) is 5.69 Å². The number of ether oxygens (including phenoxy) is 1. The molecule has 8 nitrogen and oxygen atoms in total. The summed E-state index contributed by atoms with van der Waals surface area (Å²) in [4.78, 5) is 26.6. The first kappa shape index (κ1) is 20.7. The third kappa shape index (κ3) is 5.47. The summed E-state index contributed by atoms with van der Waals surface area (Å²) < 4.78 is 31.4. The lowest BCUT2D eigenvalue weighted by Gasteiger charge is -2.34. The van der Waals surface area contributed by atoms with E-state index in [1.165, 1.54) is 0 Å². The number of benzene rings is 2. The number of carbonyl (C=O) groups excluding carboxylic acids is 2. The zero-order valence-corrected chi connectivity index (χ0v) is 16.9. The summed E-state index contributed by atoms with van der Waals surface area (Å²) in [6, 6.07) is 15.8. The maximum atomic E-state index is 12.6. The number of hydrogen-bond acceptors (Lipinski definition) is 5. The highest BCUT2D eigenvalue weighted by Gasteiger charge is 2.26. The van der Waals surface area contributed by atoms with Crippen LogP contribution in [0.5, 0.6) is 11.5 Å². The number of sulfonamides is 1. The zero-order chi connectivity index (χ0) is 20.9. The summed E-state index contributed by atoms with van der Waals surface area (Å²) in [7, 11) is -3.66. The molecule has 0 radical (unpaired) electrons. The van der Waals surface area contributed by atoms with E-state index in [-0.39, 0.29) is 12.5 Å². The lowest BCUT2D eigenvalue weighted by molar-refractivity contribution is -0.133. The molecule has 0 N–H and O–H groups in total. The normalized spacial score (nSPS) is 14.4. The molecule has 0 bridgehead atoms. The predicted molar refractivity (Wildman–Crippen MR) is 109 cm³/mol.